The summed E-state index contributed by atoms with van der Waals surface area (Å²) in [5, 5.41) is 0.954. The lowest BCUT2D eigenvalue weighted by atomic mass is 9.97. The minimum Gasteiger partial charge on any atom is -0.206 e. The van der Waals surface area contributed by atoms with Crippen molar-refractivity contribution in [2.75, 3.05) is 0 Å². The van der Waals surface area contributed by atoms with Crippen molar-refractivity contribution in [3.63, 3.8) is 0 Å². The normalized spacial score (nSPS) is 10.9. The maximum Gasteiger partial charge on any atom is 0.166 e. The Morgan fingerprint density at radius 1 is 0.526 bits per heavy atom. The van der Waals surface area contributed by atoms with Crippen LogP contribution in [0.2, 0.25) is 0 Å². The quantitative estimate of drug-likeness (QED) is 0.581. The second-order valence-electron chi connectivity index (χ2n) is 4.24. The van der Waals surface area contributed by atoms with Gasteiger partial charge in [-0.2, -0.15) is 0 Å². The monoisotopic (exact) mass is 258 g/mol. The van der Waals surface area contributed by atoms with Gasteiger partial charge in [0.25, 0.3) is 0 Å². The van der Waals surface area contributed by atoms with Crippen molar-refractivity contribution < 1.29 is 13.2 Å². The maximum atomic E-state index is 13.8. The third kappa shape index (κ3) is 1.87. The Morgan fingerprint density at radius 3 is 2.05 bits per heavy atom. The molecule has 0 heterocycles. The van der Waals surface area contributed by atoms with E-state index in [9.17, 15) is 13.2 Å². The number of benzene rings is 3. The van der Waals surface area contributed by atoms with Crippen LogP contribution in [0, 0.1) is 17.5 Å². The Balaban J connectivity index is 2.38. The van der Waals surface area contributed by atoms with E-state index >= 15 is 0 Å². The van der Waals surface area contributed by atoms with Crippen LogP contribution in [-0.2, 0) is 0 Å². The van der Waals surface area contributed by atoms with E-state index in [1.54, 1.807) is 24.3 Å². The zero-order valence-electron chi connectivity index (χ0n) is 9.83. The summed E-state index contributed by atoms with van der Waals surface area (Å²) in [6, 6.07) is 13.5. The predicted molar refractivity (Wildman–Crippen MR) is 69.3 cm³/mol. The summed E-state index contributed by atoms with van der Waals surface area (Å²) in [6.07, 6.45) is 0. The molecular formula is C16H9F3. The lowest BCUT2D eigenvalue weighted by Crippen LogP contribution is -1.91. The lowest BCUT2D eigenvalue weighted by molar-refractivity contribution is 0.511. The van der Waals surface area contributed by atoms with Crippen LogP contribution in [-0.4, -0.2) is 0 Å². The molecule has 3 heteroatoms. The Kier molecular flexibility index (Phi) is 2.75. The zero-order chi connectivity index (χ0) is 13.4. The highest BCUT2D eigenvalue weighted by Crippen LogP contribution is 2.32. The van der Waals surface area contributed by atoms with Crippen LogP contribution in [0.4, 0.5) is 13.2 Å². The van der Waals surface area contributed by atoms with E-state index < -0.39 is 11.6 Å². The van der Waals surface area contributed by atoms with E-state index in [0.717, 1.165) is 6.07 Å². The van der Waals surface area contributed by atoms with Crippen molar-refractivity contribution in [2.24, 2.45) is 0 Å². The van der Waals surface area contributed by atoms with Crippen LogP contribution in [0.3, 0.4) is 0 Å². The number of fused-ring (bicyclic) bond motifs is 1. The first-order valence-corrected chi connectivity index (χ1v) is 5.80. The van der Waals surface area contributed by atoms with Crippen molar-refractivity contribution in [2.45, 2.75) is 0 Å². The Labute approximate surface area is 108 Å². The molecule has 0 saturated carbocycles. The zero-order valence-corrected chi connectivity index (χ0v) is 9.83. The smallest absolute Gasteiger partial charge is 0.166 e. The molecule has 0 spiro atoms. The minimum atomic E-state index is -0.917. The van der Waals surface area contributed by atoms with Crippen LogP contribution in [0.1, 0.15) is 0 Å². The molecule has 0 aromatic heterocycles. The topological polar surface area (TPSA) is 0 Å². The second-order valence-corrected chi connectivity index (χ2v) is 4.24. The molecule has 3 aromatic carbocycles. The van der Waals surface area contributed by atoms with Crippen LogP contribution in [0.25, 0.3) is 21.9 Å². The van der Waals surface area contributed by atoms with Gasteiger partial charge in [-0.15, -0.1) is 0 Å². The van der Waals surface area contributed by atoms with Gasteiger partial charge in [0.15, 0.2) is 11.6 Å². The minimum absolute atomic E-state index is 0.135. The molecule has 0 aliphatic rings. The molecule has 0 atom stereocenters. The molecule has 0 aliphatic carbocycles. The number of hydrogen-bond acceptors (Lipinski definition) is 0. The molecule has 94 valence electrons. The van der Waals surface area contributed by atoms with E-state index in [2.05, 4.69) is 0 Å². The first-order valence-electron chi connectivity index (χ1n) is 5.80. The van der Waals surface area contributed by atoms with Gasteiger partial charge in [-0.05, 0) is 23.1 Å². The second kappa shape index (κ2) is 4.43. The third-order valence-electron chi connectivity index (χ3n) is 3.11. The van der Waals surface area contributed by atoms with Crippen LogP contribution < -0.4 is 0 Å². The molecule has 0 saturated heterocycles. The first kappa shape index (κ1) is 11.8. The van der Waals surface area contributed by atoms with Crippen LogP contribution in [0.15, 0.2) is 54.6 Å². The molecule has 3 rings (SSSR count). The summed E-state index contributed by atoms with van der Waals surface area (Å²) < 4.78 is 40.8. The molecule has 0 unspecified atom stereocenters. The van der Waals surface area contributed by atoms with Gasteiger partial charge in [0, 0.05) is 10.9 Å². The summed E-state index contributed by atoms with van der Waals surface area (Å²) in [4.78, 5) is 0. The molecule has 0 fully saturated rings. The number of halogens is 3. The van der Waals surface area contributed by atoms with Crippen molar-refractivity contribution in [1.82, 2.24) is 0 Å². The van der Waals surface area contributed by atoms with E-state index in [-0.39, 0.29) is 11.4 Å². The van der Waals surface area contributed by atoms with Crippen molar-refractivity contribution in [3.8, 4) is 11.1 Å². The summed E-state index contributed by atoms with van der Waals surface area (Å²) in [5.41, 5.74) is 0.616. The summed E-state index contributed by atoms with van der Waals surface area (Å²) in [5.74, 6) is -2.21. The average molecular weight is 258 g/mol. The number of rotatable bonds is 1. The molecular weight excluding hydrogens is 249 g/mol. The SMILES string of the molecule is Fc1cccc(-c2ccc(F)c3ccccc23)c1F. The van der Waals surface area contributed by atoms with Gasteiger partial charge in [0.05, 0.1) is 0 Å². The number of hydrogen-bond donors (Lipinski definition) is 0. The van der Waals surface area contributed by atoms with E-state index in [1.807, 2.05) is 0 Å². The fourth-order valence-electron chi connectivity index (χ4n) is 2.21. The summed E-state index contributed by atoms with van der Waals surface area (Å²) in [6.45, 7) is 0. The largest absolute Gasteiger partial charge is 0.206 e. The fourth-order valence-corrected chi connectivity index (χ4v) is 2.21. The highest BCUT2D eigenvalue weighted by atomic mass is 19.2. The standard InChI is InChI=1S/C16H9F3/c17-14-9-8-11(10-4-1-2-5-12(10)14)13-6-3-7-15(18)16(13)19/h1-9H. The van der Waals surface area contributed by atoms with Gasteiger partial charge in [-0.1, -0.05) is 42.5 Å². The maximum absolute atomic E-state index is 13.8. The summed E-state index contributed by atoms with van der Waals surface area (Å²) in [7, 11) is 0. The molecule has 0 N–H and O–H groups in total. The molecule has 0 radical (unpaired) electrons. The van der Waals surface area contributed by atoms with Crippen molar-refractivity contribution in [1.29, 1.82) is 0 Å². The van der Waals surface area contributed by atoms with E-state index in [1.165, 1.54) is 24.3 Å². The highest BCUT2D eigenvalue weighted by molar-refractivity contribution is 5.97. The Hall–Kier alpha value is -2.29. The van der Waals surface area contributed by atoms with E-state index in [4.69, 9.17) is 0 Å². The Morgan fingerprint density at radius 2 is 1.26 bits per heavy atom. The third-order valence-corrected chi connectivity index (χ3v) is 3.11. The van der Waals surface area contributed by atoms with Gasteiger partial charge < -0.3 is 0 Å². The first-order chi connectivity index (χ1) is 9.18. The lowest BCUT2D eigenvalue weighted by Gasteiger charge is -2.09. The molecule has 3 aromatic rings. The van der Waals surface area contributed by atoms with Crippen molar-refractivity contribution in [3.05, 3.63) is 72.0 Å². The fraction of sp³-hybridized carbons (Fsp3) is 0. The van der Waals surface area contributed by atoms with Crippen LogP contribution >= 0.6 is 0 Å². The molecule has 0 nitrogen and oxygen atoms in total. The van der Waals surface area contributed by atoms with Crippen molar-refractivity contribution >= 4 is 10.8 Å². The van der Waals surface area contributed by atoms with Gasteiger partial charge in [0.1, 0.15) is 5.82 Å². The summed E-state index contributed by atoms with van der Waals surface area (Å²) >= 11 is 0. The Bertz CT molecular complexity index is 763. The molecule has 19 heavy (non-hydrogen) atoms. The van der Waals surface area contributed by atoms with Gasteiger partial charge in [0.2, 0.25) is 0 Å². The van der Waals surface area contributed by atoms with Gasteiger partial charge in [-0.3, -0.25) is 0 Å². The van der Waals surface area contributed by atoms with E-state index in [0.29, 0.717) is 16.3 Å². The molecule has 0 bridgehead atoms. The average Bonchev–Trinajstić information content (AvgIpc) is 2.43. The van der Waals surface area contributed by atoms with Gasteiger partial charge in [-0.25, -0.2) is 13.2 Å². The molecule has 0 aliphatic heterocycles. The van der Waals surface area contributed by atoms with Gasteiger partial charge >= 0.3 is 0 Å². The van der Waals surface area contributed by atoms with Crippen LogP contribution in [0.5, 0.6) is 0 Å². The predicted octanol–water partition coefficient (Wildman–Crippen LogP) is 4.92. The highest BCUT2D eigenvalue weighted by Gasteiger charge is 2.13. The molecule has 0 amide bonds.